The van der Waals surface area contributed by atoms with Crippen LogP contribution in [-0.4, -0.2) is 67.4 Å². The second kappa shape index (κ2) is 9.19. The second-order valence-electron chi connectivity index (χ2n) is 8.20. The van der Waals surface area contributed by atoms with Gasteiger partial charge in [0.1, 0.15) is 17.5 Å². The van der Waals surface area contributed by atoms with E-state index >= 15 is 0 Å². The number of aliphatic imine (C=N–C) groups is 1. The summed E-state index contributed by atoms with van der Waals surface area (Å²) in [4.78, 5) is 14.6. The molecule has 2 fully saturated rings. The Bertz CT molecular complexity index is 981. The lowest BCUT2D eigenvalue weighted by atomic mass is 9.93. The molecular weight excluding hydrogens is 424 g/mol. The minimum Gasteiger partial charge on any atom is -0.496 e. The van der Waals surface area contributed by atoms with Crippen molar-refractivity contribution in [2.75, 3.05) is 51.2 Å². The first kappa shape index (κ1) is 21.4. The molecule has 170 valence electrons. The van der Waals surface area contributed by atoms with Crippen LogP contribution in [0.4, 0.5) is 5.69 Å². The van der Waals surface area contributed by atoms with Gasteiger partial charge in [0, 0.05) is 42.7 Å². The van der Waals surface area contributed by atoms with Gasteiger partial charge < -0.3 is 24.0 Å². The molecule has 4 heterocycles. The molecular formula is C24H30N4O3S. The summed E-state index contributed by atoms with van der Waals surface area (Å²) >= 11 is 1.85. The molecule has 5 rings (SSSR count). The lowest BCUT2D eigenvalue weighted by Gasteiger charge is -2.34. The van der Waals surface area contributed by atoms with Crippen LogP contribution in [-0.2, 0) is 4.74 Å². The number of morpholine rings is 1. The molecule has 0 bridgehead atoms. The van der Waals surface area contributed by atoms with Crippen molar-refractivity contribution >= 4 is 22.6 Å². The molecule has 0 amide bonds. The molecule has 8 heteroatoms. The molecule has 0 radical (unpaired) electrons. The van der Waals surface area contributed by atoms with Crippen molar-refractivity contribution in [2.45, 2.75) is 31.5 Å². The zero-order valence-electron chi connectivity index (χ0n) is 18.9. The average molecular weight is 455 g/mol. The van der Waals surface area contributed by atoms with Gasteiger partial charge in [-0.1, -0.05) is 24.8 Å². The Morgan fingerprint density at radius 3 is 2.62 bits per heavy atom. The van der Waals surface area contributed by atoms with Crippen molar-refractivity contribution in [1.29, 1.82) is 0 Å². The number of anilines is 1. The molecule has 0 unspecified atom stereocenters. The van der Waals surface area contributed by atoms with E-state index in [1.807, 2.05) is 30.1 Å². The maximum absolute atomic E-state index is 5.97. The molecule has 2 saturated heterocycles. The number of ether oxygens (including phenoxy) is 3. The summed E-state index contributed by atoms with van der Waals surface area (Å²) in [6.07, 6.45) is 2.92. The summed E-state index contributed by atoms with van der Waals surface area (Å²) in [7, 11) is 3.49. The lowest BCUT2D eigenvalue weighted by molar-refractivity contribution is 0.122. The third kappa shape index (κ3) is 3.69. The Morgan fingerprint density at radius 2 is 1.94 bits per heavy atom. The molecule has 0 spiro atoms. The van der Waals surface area contributed by atoms with Gasteiger partial charge in [-0.05, 0) is 24.6 Å². The summed E-state index contributed by atoms with van der Waals surface area (Å²) < 4.78 is 17.4. The molecule has 2 aromatic rings. The predicted molar refractivity (Wildman–Crippen MR) is 128 cm³/mol. The molecule has 0 aliphatic carbocycles. The van der Waals surface area contributed by atoms with Gasteiger partial charge in [-0.2, -0.15) is 0 Å². The lowest BCUT2D eigenvalue weighted by Crippen LogP contribution is -2.37. The molecule has 7 nitrogen and oxygen atoms in total. The summed E-state index contributed by atoms with van der Waals surface area (Å²) in [6, 6.07) is 10.7. The van der Waals surface area contributed by atoms with E-state index in [4.69, 9.17) is 19.2 Å². The standard InChI is InChI=1S/C24H30N4O3S/c1-4-16-15-32-24-26-22(18-7-5-6-8-25-18)23(28(16)24)17-13-21(30-3)19(14-20(17)29-2)27-9-11-31-12-10-27/h5-8,13-14,16,22-23H,4,9-12,15H2,1-3H3/t16-,22-,23+/m0/s1. The first-order valence-electron chi connectivity index (χ1n) is 11.2. The van der Waals surface area contributed by atoms with Gasteiger partial charge in [0.25, 0.3) is 0 Å². The highest BCUT2D eigenvalue weighted by molar-refractivity contribution is 8.14. The first-order chi connectivity index (χ1) is 15.7. The van der Waals surface area contributed by atoms with E-state index in [9.17, 15) is 0 Å². The Balaban J connectivity index is 1.61. The van der Waals surface area contributed by atoms with E-state index in [1.54, 1.807) is 14.2 Å². The fourth-order valence-electron chi connectivity index (χ4n) is 4.87. The number of aromatic nitrogens is 1. The van der Waals surface area contributed by atoms with E-state index in [0.717, 1.165) is 72.1 Å². The summed E-state index contributed by atoms with van der Waals surface area (Å²) in [6.45, 7) is 5.37. The third-order valence-corrected chi connectivity index (χ3v) is 7.66. The Hall–Kier alpha value is -2.45. The highest BCUT2D eigenvalue weighted by atomic mass is 32.2. The van der Waals surface area contributed by atoms with Gasteiger partial charge in [0.15, 0.2) is 5.17 Å². The number of methoxy groups -OCH3 is 2. The number of hydrogen-bond donors (Lipinski definition) is 0. The molecule has 0 N–H and O–H groups in total. The number of hydrogen-bond acceptors (Lipinski definition) is 8. The molecule has 1 aromatic carbocycles. The number of nitrogens with zero attached hydrogens (tertiary/aromatic N) is 4. The van der Waals surface area contributed by atoms with Crippen LogP contribution in [0.5, 0.6) is 11.5 Å². The fraction of sp³-hybridized carbons (Fsp3) is 0.500. The Labute approximate surface area is 193 Å². The summed E-state index contributed by atoms with van der Waals surface area (Å²) in [5, 5.41) is 1.11. The number of rotatable bonds is 6. The van der Waals surface area contributed by atoms with Crippen LogP contribution >= 0.6 is 11.8 Å². The topological polar surface area (TPSA) is 59.4 Å². The quantitative estimate of drug-likeness (QED) is 0.656. The third-order valence-electron chi connectivity index (χ3n) is 6.53. The predicted octanol–water partition coefficient (Wildman–Crippen LogP) is 3.91. The number of pyridine rings is 1. The molecule has 0 saturated carbocycles. The van der Waals surface area contributed by atoms with Gasteiger partial charge >= 0.3 is 0 Å². The zero-order chi connectivity index (χ0) is 22.1. The van der Waals surface area contributed by atoms with Crippen molar-refractivity contribution < 1.29 is 14.2 Å². The van der Waals surface area contributed by atoms with Crippen LogP contribution < -0.4 is 14.4 Å². The van der Waals surface area contributed by atoms with Crippen LogP contribution in [0.25, 0.3) is 0 Å². The van der Waals surface area contributed by atoms with Gasteiger partial charge in [0.2, 0.25) is 0 Å². The molecule has 3 aliphatic heterocycles. The Morgan fingerprint density at radius 1 is 1.12 bits per heavy atom. The van der Waals surface area contributed by atoms with Crippen molar-refractivity contribution in [2.24, 2.45) is 4.99 Å². The van der Waals surface area contributed by atoms with Crippen LogP contribution in [0.15, 0.2) is 41.5 Å². The van der Waals surface area contributed by atoms with Crippen LogP contribution in [0, 0.1) is 0 Å². The molecule has 3 aliphatic rings. The minimum atomic E-state index is -0.0825. The fourth-order valence-corrected chi connectivity index (χ4v) is 6.21. The number of benzene rings is 1. The van der Waals surface area contributed by atoms with Gasteiger partial charge in [0.05, 0.1) is 44.9 Å². The molecule has 1 aromatic heterocycles. The number of amidine groups is 1. The first-order valence-corrected chi connectivity index (χ1v) is 12.2. The van der Waals surface area contributed by atoms with Crippen LogP contribution in [0.3, 0.4) is 0 Å². The average Bonchev–Trinajstić information content (AvgIpc) is 3.43. The van der Waals surface area contributed by atoms with E-state index in [0.29, 0.717) is 6.04 Å². The van der Waals surface area contributed by atoms with Crippen LogP contribution in [0.1, 0.15) is 36.7 Å². The van der Waals surface area contributed by atoms with Gasteiger partial charge in [-0.15, -0.1) is 0 Å². The maximum atomic E-state index is 5.97. The molecule has 3 atom stereocenters. The van der Waals surface area contributed by atoms with Crippen molar-refractivity contribution in [3.8, 4) is 11.5 Å². The minimum absolute atomic E-state index is 0.0161. The van der Waals surface area contributed by atoms with Crippen LogP contribution in [0.2, 0.25) is 0 Å². The number of thioether (sulfide) groups is 1. The van der Waals surface area contributed by atoms with Crippen molar-refractivity contribution in [3.63, 3.8) is 0 Å². The highest BCUT2D eigenvalue weighted by Crippen LogP contribution is 2.52. The van der Waals surface area contributed by atoms with Crippen molar-refractivity contribution in [1.82, 2.24) is 9.88 Å². The molecule has 32 heavy (non-hydrogen) atoms. The van der Waals surface area contributed by atoms with E-state index in [2.05, 4.69) is 39.9 Å². The van der Waals surface area contributed by atoms with Crippen molar-refractivity contribution in [3.05, 3.63) is 47.8 Å². The van der Waals surface area contributed by atoms with Gasteiger partial charge in [-0.3, -0.25) is 9.98 Å². The SMILES string of the molecule is CC[C@H]1CSC2=N[C@@H](c3ccccn3)[C@@H](c3cc(OC)c(N4CCOCC4)cc3OC)N21. The Kier molecular flexibility index (Phi) is 6.15. The smallest absolute Gasteiger partial charge is 0.160 e. The van der Waals surface area contributed by atoms with E-state index in [1.165, 1.54) is 0 Å². The van der Waals surface area contributed by atoms with Gasteiger partial charge in [-0.25, -0.2) is 0 Å². The summed E-state index contributed by atoms with van der Waals surface area (Å²) in [5.74, 6) is 2.78. The summed E-state index contributed by atoms with van der Waals surface area (Å²) in [5.41, 5.74) is 3.12. The zero-order valence-corrected chi connectivity index (χ0v) is 19.7. The largest absolute Gasteiger partial charge is 0.496 e. The second-order valence-corrected chi connectivity index (χ2v) is 9.19. The highest BCUT2D eigenvalue weighted by Gasteiger charge is 2.46. The monoisotopic (exact) mass is 454 g/mol. The maximum Gasteiger partial charge on any atom is 0.160 e. The van der Waals surface area contributed by atoms with E-state index < -0.39 is 0 Å². The number of fused-ring (bicyclic) bond motifs is 1. The normalized spacial score (nSPS) is 25.0. The van der Waals surface area contributed by atoms with E-state index in [-0.39, 0.29) is 12.1 Å².